The third-order valence-electron chi connectivity index (χ3n) is 4.49. The number of aryl methyl sites for hydroxylation is 1. The fourth-order valence-corrected chi connectivity index (χ4v) is 2.93. The summed E-state index contributed by atoms with van der Waals surface area (Å²) in [5.74, 6) is 0.538. The molecule has 0 amide bonds. The first-order valence-corrected chi connectivity index (χ1v) is 11.4. The molecule has 7 heteroatoms. The highest BCUT2D eigenvalue weighted by molar-refractivity contribution is 6.31. The van der Waals surface area contributed by atoms with E-state index in [1.165, 1.54) is 14.0 Å². The lowest BCUT2D eigenvalue weighted by atomic mass is 10.1. The molecule has 3 aromatic carbocycles. The van der Waals surface area contributed by atoms with E-state index >= 15 is 0 Å². The number of carbonyl (C=O) groups excluding carboxylic acids is 1. The van der Waals surface area contributed by atoms with Gasteiger partial charge in [-0.2, -0.15) is 0 Å². The first-order valence-electron chi connectivity index (χ1n) is 10.7. The monoisotopic (exact) mass is 512 g/mol. The molecule has 0 fully saturated rings. The summed E-state index contributed by atoms with van der Waals surface area (Å²) in [6.07, 6.45) is 0.750. The van der Waals surface area contributed by atoms with Crippen molar-refractivity contribution in [3.8, 4) is 0 Å². The van der Waals surface area contributed by atoms with E-state index in [0.717, 1.165) is 45.0 Å². The van der Waals surface area contributed by atoms with Crippen molar-refractivity contribution in [3.05, 3.63) is 112 Å². The summed E-state index contributed by atoms with van der Waals surface area (Å²) in [4.78, 5) is 18.9. The topological polar surface area (TPSA) is 60.2 Å². The Morgan fingerprint density at radius 1 is 0.829 bits per heavy atom. The Bertz CT molecular complexity index is 1140. The van der Waals surface area contributed by atoms with Gasteiger partial charge in [-0.3, -0.25) is 0 Å². The van der Waals surface area contributed by atoms with Gasteiger partial charge in [0.2, 0.25) is 0 Å². The van der Waals surface area contributed by atoms with Crippen molar-refractivity contribution in [1.29, 1.82) is 0 Å². The Morgan fingerprint density at radius 2 is 1.26 bits per heavy atom. The van der Waals surface area contributed by atoms with Gasteiger partial charge in [0.05, 0.1) is 11.4 Å². The van der Waals surface area contributed by atoms with Crippen molar-refractivity contribution >= 4 is 46.7 Å². The minimum atomic E-state index is 0.538. The normalized spacial score (nSPS) is 10.7. The maximum atomic E-state index is 8.81. The van der Waals surface area contributed by atoms with Gasteiger partial charge < -0.3 is 14.5 Å². The molecule has 0 saturated carbocycles. The molecule has 0 aromatic heterocycles. The molecule has 0 aliphatic heterocycles. The highest BCUT2D eigenvalue weighted by Crippen LogP contribution is 2.19. The highest BCUT2D eigenvalue weighted by Gasteiger charge is 2.04. The summed E-state index contributed by atoms with van der Waals surface area (Å²) in [5, 5.41) is 9.34. The summed E-state index contributed by atoms with van der Waals surface area (Å²) in [6, 6.07) is 22.8. The van der Waals surface area contributed by atoms with E-state index in [4.69, 9.17) is 32.8 Å². The Morgan fingerprint density at radius 3 is 1.69 bits per heavy atom. The smallest absolute Gasteiger partial charge is 0.158 e. The zero-order chi connectivity index (χ0) is 26.2. The molecule has 5 nitrogen and oxygen atoms in total. The van der Waals surface area contributed by atoms with Crippen molar-refractivity contribution in [1.82, 2.24) is 0 Å². The van der Waals surface area contributed by atoms with Crippen LogP contribution in [0.4, 0.5) is 0 Å². The van der Waals surface area contributed by atoms with Gasteiger partial charge in [0.1, 0.15) is 13.4 Å². The van der Waals surface area contributed by atoms with Gasteiger partial charge in [-0.25, -0.2) is 0 Å². The summed E-state index contributed by atoms with van der Waals surface area (Å²) < 4.78 is 0. The summed E-state index contributed by atoms with van der Waals surface area (Å²) in [6.45, 7) is 11.1. The number of aldehydes is 1. The molecule has 0 heterocycles. The molecule has 0 N–H and O–H groups in total. The zero-order valence-corrected chi connectivity index (χ0v) is 22.1. The van der Waals surface area contributed by atoms with Gasteiger partial charge in [0.15, 0.2) is 5.76 Å². The van der Waals surface area contributed by atoms with Crippen LogP contribution in [0.25, 0.3) is 5.76 Å². The number of hydrogen-bond donors (Lipinski definition) is 0. The van der Waals surface area contributed by atoms with E-state index in [9.17, 15) is 0 Å². The Labute approximate surface area is 217 Å². The van der Waals surface area contributed by atoms with Crippen molar-refractivity contribution in [3.63, 3.8) is 0 Å². The van der Waals surface area contributed by atoms with Crippen LogP contribution in [0.15, 0.2) is 89.7 Å². The van der Waals surface area contributed by atoms with Crippen LogP contribution in [-0.4, -0.2) is 24.8 Å². The lowest BCUT2D eigenvalue weighted by molar-refractivity contribution is -0.106. The number of oxime groups is 2. The standard InChI is InChI=1S/C17H16ClNO.C9H10ClNO.C2H4O/c1-12-6-4-5-7-17(12)14(3)20-19-13(2)15-8-10-16(18)11-9-15;1-7(11-12-2)8-3-5-9(10)6-4-8;1-2-3/h4-11H,3H2,1-2H3;3-6H,1-2H3;2H,1H3/b19-13+;11-7+;. The second-order valence-electron chi connectivity index (χ2n) is 7.11. The van der Waals surface area contributed by atoms with Crippen LogP contribution in [0.5, 0.6) is 0 Å². The largest absolute Gasteiger partial charge is 0.399 e. The SMILES string of the molecule is C=C(O/N=C(\C)c1ccc(Cl)cc1)c1ccccc1C.CC=O.CO/N=C(\C)c1ccc(Cl)cc1. The van der Waals surface area contributed by atoms with Crippen molar-refractivity contribution < 1.29 is 14.5 Å². The molecule has 35 heavy (non-hydrogen) atoms. The van der Waals surface area contributed by atoms with E-state index in [-0.39, 0.29) is 0 Å². The minimum Gasteiger partial charge on any atom is -0.399 e. The fourth-order valence-electron chi connectivity index (χ4n) is 2.68. The second kappa shape index (κ2) is 16.3. The molecule has 0 saturated heterocycles. The molecular formula is C28H30Cl2N2O3. The molecule has 3 rings (SSSR count). The number of halogens is 2. The predicted molar refractivity (Wildman–Crippen MR) is 147 cm³/mol. The molecule has 184 valence electrons. The highest BCUT2D eigenvalue weighted by atomic mass is 35.5. The van der Waals surface area contributed by atoms with E-state index in [1.54, 1.807) is 0 Å². The number of carbonyl (C=O) groups is 1. The first-order chi connectivity index (χ1) is 16.7. The lowest BCUT2D eigenvalue weighted by Gasteiger charge is -2.07. The number of rotatable bonds is 6. The molecule has 0 atom stereocenters. The van der Waals surface area contributed by atoms with Gasteiger partial charge in [-0.05, 0) is 68.7 Å². The number of nitrogens with zero attached hydrogens (tertiary/aromatic N) is 2. The first kappa shape index (κ1) is 29.6. The van der Waals surface area contributed by atoms with Crippen molar-refractivity contribution in [2.24, 2.45) is 10.3 Å². The van der Waals surface area contributed by atoms with Gasteiger partial charge in [0.25, 0.3) is 0 Å². The van der Waals surface area contributed by atoms with E-state index < -0.39 is 0 Å². The van der Waals surface area contributed by atoms with E-state index in [0.29, 0.717) is 10.8 Å². The summed E-state index contributed by atoms with van der Waals surface area (Å²) in [5.41, 5.74) is 5.66. The average Bonchev–Trinajstić information content (AvgIpc) is 2.84. The van der Waals surface area contributed by atoms with Gasteiger partial charge in [0, 0.05) is 15.6 Å². The molecule has 3 aromatic rings. The van der Waals surface area contributed by atoms with E-state index in [2.05, 4.69) is 21.7 Å². The lowest BCUT2D eigenvalue weighted by Crippen LogP contribution is -1.96. The Balaban J connectivity index is 0.000000347. The third kappa shape index (κ3) is 11.0. The molecule has 0 bridgehead atoms. The van der Waals surface area contributed by atoms with Crippen molar-refractivity contribution in [2.75, 3.05) is 7.11 Å². The molecule has 0 radical (unpaired) electrons. The van der Waals surface area contributed by atoms with Crippen LogP contribution in [0.2, 0.25) is 10.0 Å². The van der Waals surface area contributed by atoms with Crippen LogP contribution in [-0.2, 0) is 14.5 Å². The van der Waals surface area contributed by atoms with Gasteiger partial charge in [-0.1, -0.05) is 88.6 Å². The van der Waals surface area contributed by atoms with Crippen LogP contribution < -0.4 is 0 Å². The summed E-state index contributed by atoms with van der Waals surface area (Å²) in [7, 11) is 1.53. The Kier molecular flexibility index (Phi) is 13.8. The fraction of sp³-hybridized carbons (Fsp3) is 0.179. The quantitative estimate of drug-likeness (QED) is 0.145. The number of hydrogen-bond acceptors (Lipinski definition) is 5. The maximum absolute atomic E-state index is 8.81. The minimum absolute atomic E-state index is 0.538. The van der Waals surface area contributed by atoms with Crippen LogP contribution >= 0.6 is 23.2 Å². The van der Waals surface area contributed by atoms with E-state index in [1.807, 2.05) is 93.6 Å². The second-order valence-corrected chi connectivity index (χ2v) is 7.99. The maximum Gasteiger partial charge on any atom is 0.158 e. The predicted octanol–water partition coefficient (Wildman–Crippen LogP) is 7.98. The summed E-state index contributed by atoms with van der Waals surface area (Å²) >= 11 is 11.6. The molecular weight excluding hydrogens is 483 g/mol. The molecule has 0 unspecified atom stereocenters. The van der Waals surface area contributed by atoms with Crippen LogP contribution in [0, 0.1) is 6.92 Å². The third-order valence-corrected chi connectivity index (χ3v) is 4.99. The number of benzene rings is 3. The molecule has 0 aliphatic rings. The van der Waals surface area contributed by atoms with Crippen molar-refractivity contribution in [2.45, 2.75) is 27.7 Å². The Hall–Kier alpha value is -3.41. The van der Waals surface area contributed by atoms with Gasteiger partial charge >= 0.3 is 0 Å². The zero-order valence-electron chi connectivity index (χ0n) is 20.6. The molecule has 0 aliphatic carbocycles. The molecule has 0 spiro atoms. The van der Waals surface area contributed by atoms with Crippen LogP contribution in [0.3, 0.4) is 0 Å². The van der Waals surface area contributed by atoms with Gasteiger partial charge in [-0.15, -0.1) is 0 Å². The van der Waals surface area contributed by atoms with Crippen LogP contribution in [0.1, 0.15) is 43.0 Å². The average molecular weight is 513 g/mol.